The Hall–Kier alpha value is -2.15. The van der Waals surface area contributed by atoms with Crippen molar-refractivity contribution in [3.05, 3.63) is 162 Å². The van der Waals surface area contributed by atoms with E-state index in [1.54, 1.807) is 0 Å². The number of benzene rings is 5. The van der Waals surface area contributed by atoms with Crippen LogP contribution in [0.5, 0.6) is 11.5 Å². The molecule has 0 aromatic heterocycles. The van der Waals surface area contributed by atoms with Gasteiger partial charge in [0.25, 0.3) is 0 Å². The van der Waals surface area contributed by atoms with Crippen molar-refractivity contribution in [2.45, 2.75) is 118 Å². The van der Waals surface area contributed by atoms with E-state index in [0.717, 1.165) is 66.5 Å². The predicted octanol–water partition coefficient (Wildman–Crippen LogP) is 4.57. The van der Waals surface area contributed by atoms with Gasteiger partial charge in [-0.25, -0.2) is 0 Å². The molecule has 0 aliphatic heterocycles. The fourth-order valence-corrected chi connectivity index (χ4v) is 14.3. The van der Waals surface area contributed by atoms with Crippen LogP contribution in [0, 0.1) is 0 Å². The number of fused-ring (bicyclic) bond motifs is 32. The van der Waals surface area contributed by atoms with E-state index in [2.05, 4.69) is 79.7 Å². The Labute approximate surface area is 385 Å². The van der Waals surface area contributed by atoms with Crippen LogP contribution in [0.3, 0.4) is 0 Å². The zero-order valence-corrected chi connectivity index (χ0v) is 38.7. The van der Waals surface area contributed by atoms with Crippen LogP contribution >= 0.6 is 7.82 Å². The molecule has 0 saturated carbocycles. The van der Waals surface area contributed by atoms with E-state index in [1.165, 1.54) is 92.4 Å². The molecular weight excluding hydrogens is 757 g/mol. The predicted molar refractivity (Wildman–Crippen MR) is 213 cm³/mol. The van der Waals surface area contributed by atoms with Crippen LogP contribution in [0.2, 0.25) is 0 Å². The minimum Gasteiger partial charge on any atom is -0.780 e. The summed E-state index contributed by atoms with van der Waals surface area (Å²) in [7, 11) is -5.38. The van der Waals surface area contributed by atoms with E-state index in [1.807, 2.05) is 0 Å². The number of phosphoric ester groups is 1. The fourth-order valence-electron chi connectivity index (χ4n) is 13.9. The molecule has 0 spiro atoms. The Morgan fingerprint density at radius 3 is 1.19 bits per heavy atom. The second-order valence-electron chi connectivity index (χ2n) is 18.3. The van der Waals surface area contributed by atoms with Crippen LogP contribution in [-0.2, 0) is 4.57 Å². The number of hydrogen-bond donors (Lipinski definition) is 0. The molecule has 8 unspecified atom stereocenters. The van der Waals surface area contributed by atoms with Gasteiger partial charge in [0.2, 0.25) is 0 Å². The van der Waals surface area contributed by atoms with E-state index < -0.39 is 7.82 Å². The van der Waals surface area contributed by atoms with Crippen LogP contribution < -0.4 is 78.2 Å². The molecule has 13 rings (SSSR count). The molecule has 5 nitrogen and oxygen atoms in total. The van der Waals surface area contributed by atoms with Crippen LogP contribution in [0.4, 0.5) is 0 Å². The summed E-state index contributed by atoms with van der Waals surface area (Å²) in [5.74, 6) is 3.09. The second-order valence-corrected chi connectivity index (χ2v) is 19.4. The fraction of sp³-hybridized carbons (Fsp3) is 0.400. The molecule has 0 N–H and O–H groups in total. The summed E-state index contributed by atoms with van der Waals surface area (Å²) in [6.07, 6.45) is 11.1. The van der Waals surface area contributed by atoms with Crippen LogP contribution in [0.25, 0.3) is 0 Å². The first-order chi connectivity index (χ1) is 27.4. The normalized spacial score (nSPS) is 26.5. The molecule has 8 aliphatic rings. The second kappa shape index (κ2) is 13.9. The van der Waals surface area contributed by atoms with Gasteiger partial charge < -0.3 is 23.6 Å². The third-order valence-corrected chi connectivity index (χ3v) is 16.3. The molecule has 5 aromatic rings. The number of ether oxygens (including phenoxy) is 1. The summed E-state index contributed by atoms with van der Waals surface area (Å²) in [6.45, 7) is 2.89. The van der Waals surface area contributed by atoms with Gasteiger partial charge in [-0.3, -0.25) is 0 Å². The number of hydrogen-bond acceptors (Lipinski definition) is 5. The number of phosphoric acid groups is 1. The molecule has 0 saturated heterocycles. The molecule has 282 valence electrons. The number of rotatable bonds is 10. The molecule has 58 heavy (non-hydrogen) atoms. The summed E-state index contributed by atoms with van der Waals surface area (Å²) in [5.41, 5.74) is 21.0. The van der Waals surface area contributed by atoms with Crippen molar-refractivity contribution < 1.29 is 82.7 Å². The van der Waals surface area contributed by atoms with Crippen LogP contribution in [0.15, 0.2) is 72.8 Å². The van der Waals surface area contributed by atoms with Gasteiger partial charge in [0.1, 0.15) is 19.3 Å². The maximum absolute atomic E-state index is 12.8. The average Bonchev–Trinajstić information content (AvgIpc) is 4.08. The largest absolute Gasteiger partial charge is 1.00 e. The molecule has 0 fully saturated rings. The van der Waals surface area contributed by atoms with Gasteiger partial charge in [0.05, 0.1) is 6.61 Å². The van der Waals surface area contributed by atoms with Gasteiger partial charge in [-0.2, -0.15) is 0 Å². The molecule has 5 aromatic carbocycles. The first-order valence-corrected chi connectivity index (χ1v) is 22.9. The average molecular weight is 803 g/mol. The minimum absolute atomic E-state index is 0. The van der Waals surface area contributed by atoms with E-state index in [-0.39, 0.29) is 82.8 Å². The van der Waals surface area contributed by atoms with Gasteiger partial charge in [-0.1, -0.05) is 112 Å². The maximum atomic E-state index is 12.8. The zero-order chi connectivity index (χ0) is 37.2. The van der Waals surface area contributed by atoms with Gasteiger partial charge in [-0.15, -0.1) is 0 Å². The molecule has 0 heterocycles. The molecule has 0 amide bonds. The molecule has 0 radical (unpaired) electrons. The Kier molecular flexibility index (Phi) is 9.31. The van der Waals surface area contributed by atoms with Gasteiger partial charge in [-0.05, 0) is 98.9 Å². The third-order valence-electron chi connectivity index (χ3n) is 15.9. The summed E-state index contributed by atoms with van der Waals surface area (Å²) in [6, 6.07) is 27.8. The van der Waals surface area contributed by atoms with E-state index >= 15 is 0 Å². The van der Waals surface area contributed by atoms with Crippen molar-refractivity contribution in [3.63, 3.8) is 0 Å². The molecule has 8 heteroatoms. The topological polar surface area (TPSA) is 81.7 Å². The third kappa shape index (κ3) is 5.21. The first kappa shape index (κ1) is 38.7. The standard InChI is InChI=1S/C50H47O5P.2Na/c1-2-3-4-5-6-11-16-54-49-45-41-23-43(39-21-35-31-17-29(33(35)19-37(39)41)25-12-7-9-14-27(25)31)47(45)50(55-56(51,52)53)48-44-24-42(46(48)49)38-20-34-30-18-32(36(34)22-40(38)44)28-15-10-8-13-26(28)30;;/h7-10,12-15,19-22,29-32,41-44H,2-6,11,16-18,23-24H2,1H3,(H2,51,52,53);;/q;2*+1/p-2. The summed E-state index contributed by atoms with van der Waals surface area (Å²) in [5, 5.41) is 0. The summed E-state index contributed by atoms with van der Waals surface area (Å²) < 4.78 is 25.8. The molecular formula is C50H45Na2O5P. The van der Waals surface area contributed by atoms with Crippen molar-refractivity contribution in [3.8, 4) is 11.5 Å². The maximum Gasteiger partial charge on any atom is 1.00 e. The first-order valence-electron chi connectivity index (χ1n) is 21.5. The van der Waals surface area contributed by atoms with Crippen molar-refractivity contribution in [1.82, 2.24) is 0 Å². The minimum atomic E-state index is -5.38. The molecule has 8 aliphatic carbocycles. The van der Waals surface area contributed by atoms with Gasteiger partial charge in [0, 0.05) is 69.6 Å². The van der Waals surface area contributed by atoms with Crippen LogP contribution in [-0.4, -0.2) is 6.61 Å². The zero-order valence-electron chi connectivity index (χ0n) is 33.8. The Balaban J connectivity index is 0.00000193. The Bertz CT molecular complexity index is 2470. The van der Waals surface area contributed by atoms with Crippen molar-refractivity contribution >= 4 is 7.82 Å². The number of unbranched alkanes of at least 4 members (excludes halogenated alkanes) is 5. The smallest absolute Gasteiger partial charge is 0.780 e. The summed E-state index contributed by atoms with van der Waals surface area (Å²) in [4.78, 5) is 25.7. The SMILES string of the molecule is CCCCCCCCOc1c2c(c(OP(=O)([O-])[O-])c3c1C1CC3c3cc4c(cc31)C1CC4c3ccccc31)C1CC2c2cc3c(cc21)C1CC3c2ccccc21.[Na+].[Na+]. The van der Waals surface area contributed by atoms with E-state index in [9.17, 15) is 14.4 Å². The quantitative estimate of drug-likeness (QED) is 0.118. The van der Waals surface area contributed by atoms with Crippen molar-refractivity contribution in [1.29, 1.82) is 0 Å². The van der Waals surface area contributed by atoms with Gasteiger partial charge >= 0.3 is 59.1 Å². The van der Waals surface area contributed by atoms with Crippen LogP contribution in [0.1, 0.15) is 207 Å². The summed E-state index contributed by atoms with van der Waals surface area (Å²) >= 11 is 0. The Morgan fingerprint density at radius 2 is 0.810 bits per heavy atom. The van der Waals surface area contributed by atoms with Crippen molar-refractivity contribution in [2.75, 3.05) is 6.61 Å². The Morgan fingerprint density at radius 1 is 0.483 bits per heavy atom. The van der Waals surface area contributed by atoms with Gasteiger partial charge in [0.15, 0.2) is 0 Å². The molecule has 8 atom stereocenters. The van der Waals surface area contributed by atoms with E-state index in [0.29, 0.717) is 36.0 Å². The monoisotopic (exact) mass is 802 g/mol. The van der Waals surface area contributed by atoms with E-state index in [4.69, 9.17) is 9.26 Å². The molecule has 8 bridgehead atoms. The van der Waals surface area contributed by atoms with Crippen molar-refractivity contribution in [2.24, 2.45) is 0 Å².